The van der Waals surface area contributed by atoms with Gasteiger partial charge in [0.2, 0.25) is 0 Å². The Morgan fingerprint density at radius 3 is 2.53 bits per heavy atom. The molecular formula is C25H31N3O4. The molecule has 2 amide bonds. The van der Waals surface area contributed by atoms with Crippen LogP contribution in [0.3, 0.4) is 0 Å². The van der Waals surface area contributed by atoms with E-state index in [0.29, 0.717) is 36.9 Å². The lowest BCUT2D eigenvalue weighted by atomic mass is 9.76. The molecule has 3 heterocycles. The minimum atomic E-state index is -0.0156. The lowest BCUT2D eigenvalue weighted by Gasteiger charge is -2.39. The maximum atomic E-state index is 13.3. The van der Waals surface area contributed by atoms with Crippen LogP contribution in [0.2, 0.25) is 0 Å². The summed E-state index contributed by atoms with van der Waals surface area (Å²) in [5.74, 6) is 0.776. The largest absolute Gasteiger partial charge is 0.379 e. The Hall–Kier alpha value is -2.67. The molecular weight excluding hydrogens is 406 g/mol. The third kappa shape index (κ3) is 4.31. The molecule has 1 aromatic heterocycles. The number of carbonyl (C=O) groups is 2. The molecule has 1 aromatic carbocycles. The molecule has 2 saturated heterocycles. The first-order valence-corrected chi connectivity index (χ1v) is 11.7. The van der Waals surface area contributed by atoms with Crippen molar-refractivity contribution in [2.45, 2.75) is 45.1 Å². The van der Waals surface area contributed by atoms with Gasteiger partial charge in [-0.25, -0.2) is 0 Å². The standard InChI is InChI=1S/C25H31N3O4/c1-18-22(16-32-26-18)24(30)27-11-9-25(10-12-27)13-21(15-31-14-19-7-8-19)28(17-25)23(29)20-5-3-2-4-6-20/h2-6,16,19,21H,7-15,17H2,1H3/t21-/m0/s1. The fourth-order valence-electron chi connectivity index (χ4n) is 5.17. The predicted molar refractivity (Wildman–Crippen MR) is 118 cm³/mol. The lowest BCUT2D eigenvalue weighted by Crippen LogP contribution is -2.45. The van der Waals surface area contributed by atoms with Crippen LogP contribution in [0.25, 0.3) is 0 Å². The molecule has 1 saturated carbocycles. The van der Waals surface area contributed by atoms with Crippen molar-refractivity contribution in [3.05, 3.63) is 53.4 Å². The molecule has 5 rings (SSSR count). The first-order valence-electron chi connectivity index (χ1n) is 11.7. The second-order valence-corrected chi connectivity index (χ2v) is 9.74. The van der Waals surface area contributed by atoms with Crippen molar-refractivity contribution >= 4 is 11.8 Å². The van der Waals surface area contributed by atoms with Crippen LogP contribution in [-0.2, 0) is 4.74 Å². The van der Waals surface area contributed by atoms with Crippen molar-refractivity contribution in [1.29, 1.82) is 0 Å². The predicted octanol–water partition coefficient (Wildman–Crippen LogP) is 3.55. The number of likely N-dealkylation sites (tertiary alicyclic amines) is 2. The molecule has 2 aliphatic heterocycles. The van der Waals surface area contributed by atoms with Crippen LogP contribution in [0, 0.1) is 18.3 Å². The summed E-state index contributed by atoms with van der Waals surface area (Å²) < 4.78 is 11.0. The number of rotatable bonds is 6. The van der Waals surface area contributed by atoms with E-state index in [9.17, 15) is 9.59 Å². The fourth-order valence-corrected chi connectivity index (χ4v) is 5.17. The van der Waals surface area contributed by atoms with Gasteiger partial charge in [-0.2, -0.15) is 0 Å². The molecule has 7 nitrogen and oxygen atoms in total. The number of aryl methyl sites for hydroxylation is 1. The number of ether oxygens (including phenoxy) is 1. The van der Waals surface area contributed by atoms with Gasteiger partial charge in [-0.15, -0.1) is 0 Å². The van der Waals surface area contributed by atoms with Crippen LogP contribution in [0.4, 0.5) is 0 Å². The van der Waals surface area contributed by atoms with Gasteiger partial charge in [0.25, 0.3) is 11.8 Å². The lowest BCUT2D eigenvalue weighted by molar-refractivity contribution is 0.0506. The molecule has 0 radical (unpaired) electrons. The van der Waals surface area contributed by atoms with Gasteiger partial charge in [-0.05, 0) is 62.5 Å². The topological polar surface area (TPSA) is 75.9 Å². The van der Waals surface area contributed by atoms with E-state index in [1.807, 2.05) is 40.1 Å². The molecule has 1 atom stereocenters. The Morgan fingerprint density at radius 1 is 1.12 bits per heavy atom. The third-order valence-corrected chi connectivity index (χ3v) is 7.35. The number of amides is 2. The smallest absolute Gasteiger partial charge is 0.259 e. The van der Waals surface area contributed by atoms with E-state index < -0.39 is 0 Å². The molecule has 7 heteroatoms. The Labute approximate surface area is 188 Å². The van der Waals surface area contributed by atoms with E-state index in [2.05, 4.69) is 5.16 Å². The minimum absolute atomic E-state index is 0.0156. The average Bonchev–Trinajstić information content (AvgIpc) is 3.44. The number of hydrogen-bond acceptors (Lipinski definition) is 5. The molecule has 3 aliphatic rings. The Morgan fingerprint density at radius 2 is 1.88 bits per heavy atom. The SMILES string of the molecule is Cc1nocc1C(=O)N1CCC2(CC1)C[C@@H](COCC1CC1)N(C(=O)c1ccccc1)C2. The van der Waals surface area contributed by atoms with E-state index in [1.165, 1.54) is 19.1 Å². The third-order valence-electron chi connectivity index (χ3n) is 7.35. The molecule has 170 valence electrons. The summed E-state index contributed by atoms with van der Waals surface area (Å²) in [7, 11) is 0. The molecule has 0 bridgehead atoms. The Balaban J connectivity index is 1.27. The van der Waals surface area contributed by atoms with Crippen molar-refractivity contribution in [3.63, 3.8) is 0 Å². The number of aromatic nitrogens is 1. The van der Waals surface area contributed by atoms with Gasteiger partial charge < -0.3 is 19.1 Å². The first kappa shape index (κ1) is 21.2. The maximum absolute atomic E-state index is 13.3. The summed E-state index contributed by atoms with van der Waals surface area (Å²) in [4.78, 5) is 30.1. The summed E-state index contributed by atoms with van der Waals surface area (Å²) in [5, 5.41) is 3.84. The van der Waals surface area contributed by atoms with Gasteiger partial charge >= 0.3 is 0 Å². The highest BCUT2D eigenvalue weighted by atomic mass is 16.5. The molecule has 32 heavy (non-hydrogen) atoms. The number of nitrogens with zero attached hydrogens (tertiary/aromatic N) is 3. The Bertz CT molecular complexity index is 961. The number of carbonyl (C=O) groups excluding carboxylic acids is 2. The van der Waals surface area contributed by atoms with Crippen LogP contribution in [0.5, 0.6) is 0 Å². The van der Waals surface area contributed by atoms with E-state index >= 15 is 0 Å². The van der Waals surface area contributed by atoms with E-state index in [0.717, 1.165) is 38.0 Å². The second kappa shape index (κ2) is 8.70. The summed E-state index contributed by atoms with van der Waals surface area (Å²) in [5.41, 5.74) is 1.94. The normalized spacial score (nSPS) is 22.5. The molecule has 1 aliphatic carbocycles. The fraction of sp³-hybridized carbons (Fsp3) is 0.560. The van der Waals surface area contributed by atoms with Crippen molar-refractivity contribution < 1.29 is 18.8 Å². The number of hydrogen-bond donors (Lipinski definition) is 0. The van der Waals surface area contributed by atoms with Gasteiger partial charge in [0, 0.05) is 31.8 Å². The van der Waals surface area contributed by atoms with Gasteiger partial charge in [0.15, 0.2) is 0 Å². The summed E-state index contributed by atoms with van der Waals surface area (Å²) in [6.45, 7) is 5.29. The van der Waals surface area contributed by atoms with Gasteiger partial charge in [-0.1, -0.05) is 23.4 Å². The van der Waals surface area contributed by atoms with Crippen molar-refractivity contribution in [2.75, 3.05) is 32.8 Å². The highest BCUT2D eigenvalue weighted by Gasteiger charge is 2.48. The molecule has 3 fully saturated rings. The van der Waals surface area contributed by atoms with Gasteiger partial charge in [0.05, 0.1) is 18.3 Å². The van der Waals surface area contributed by atoms with Crippen LogP contribution in [0.15, 0.2) is 41.1 Å². The molecule has 1 spiro atoms. The summed E-state index contributed by atoms with van der Waals surface area (Å²) in [6, 6.07) is 9.62. The summed E-state index contributed by atoms with van der Waals surface area (Å²) in [6.07, 6.45) is 6.67. The van der Waals surface area contributed by atoms with Crippen molar-refractivity contribution in [3.8, 4) is 0 Å². The van der Waals surface area contributed by atoms with Gasteiger partial charge in [-0.3, -0.25) is 9.59 Å². The Kier molecular flexibility index (Phi) is 5.76. The number of piperidine rings is 1. The molecule has 2 aromatic rings. The number of benzene rings is 1. The van der Waals surface area contributed by atoms with Crippen molar-refractivity contribution in [1.82, 2.24) is 15.0 Å². The quantitative estimate of drug-likeness (QED) is 0.691. The van der Waals surface area contributed by atoms with Gasteiger partial charge in [0.1, 0.15) is 11.8 Å². The zero-order valence-electron chi connectivity index (χ0n) is 18.7. The minimum Gasteiger partial charge on any atom is -0.379 e. The average molecular weight is 438 g/mol. The highest BCUT2D eigenvalue weighted by molar-refractivity contribution is 5.95. The van der Waals surface area contributed by atoms with Crippen LogP contribution >= 0.6 is 0 Å². The zero-order valence-corrected chi connectivity index (χ0v) is 18.7. The zero-order chi connectivity index (χ0) is 22.1. The second-order valence-electron chi connectivity index (χ2n) is 9.74. The molecule has 0 N–H and O–H groups in total. The van der Waals surface area contributed by atoms with Crippen LogP contribution in [-0.4, -0.2) is 65.7 Å². The maximum Gasteiger partial charge on any atom is 0.259 e. The van der Waals surface area contributed by atoms with Crippen LogP contribution < -0.4 is 0 Å². The molecule has 0 unspecified atom stereocenters. The van der Waals surface area contributed by atoms with E-state index in [1.54, 1.807) is 6.92 Å². The van der Waals surface area contributed by atoms with Crippen molar-refractivity contribution in [2.24, 2.45) is 11.3 Å². The monoisotopic (exact) mass is 437 g/mol. The van der Waals surface area contributed by atoms with E-state index in [4.69, 9.17) is 9.26 Å². The highest BCUT2D eigenvalue weighted by Crippen LogP contribution is 2.44. The van der Waals surface area contributed by atoms with E-state index in [-0.39, 0.29) is 23.3 Å². The summed E-state index contributed by atoms with van der Waals surface area (Å²) >= 11 is 0. The van der Waals surface area contributed by atoms with Crippen LogP contribution in [0.1, 0.15) is 58.5 Å². The first-order chi connectivity index (χ1) is 15.5.